The van der Waals surface area contributed by atoms with Crippen molar-refractivity contribution >= 4 is 29.9 Å². The second-order valence-corrected chi connectivity index (χ2v) is 5.35. The van der Waals surface area contributed by atoms with Gasteiger partial charge in [-0.1, -0.05) is 29.8 Å². The molecule has 23 heavy (non-hydrogen) atoms. The molecule has 0 fully saturated rings. The van der Waals surface area contributed by atoms with E-state index in [1.807, 2.05) is 24.4 Å². The van der Waals surface area contributed by atoms with Crippen molar-refractivity contribution in [3.8, 4) is 0 Å². The Morgan fingerprint density at radius 3 is 2.61 bits per heavy atom. The first-order valence-corrected chi connectivity index (χ1v) is 7.59. The third-order valence-electron chi connectivity index (χ3n) is 3.57. The van der Waals surface area contributed by atoms with Crippen LogP contribution in [0.25, 0.3) is 0 Å². The Bertz CT molecular complexity index is 626. The summed E-state index contributed by atoms with van der Waals surface area (Å²) < 4.78 is 0. The summed E-state index contributed by atoms with van der Waals surface area (Å²) in [7, 11) is 1.79. The van der Waals surface area contributed by atoms with Gasteiger partial charge in [-0.3, -0.25) is 9.98 Å². The highest BCUT2D eigenvalue weighted by Gasteiger charge is 2.01. The van der Waals surface area contributed by atoms with Crippen molar-refractivity contribution in [3.63, 3.8) is 0 Å². The number of nitrogens with zero attached hydrogens (tertiary/aromatic N) is 2. The van der Waals surface area contributed by atoms with E-state index in [9.17, 15) is 0 Å². The Balaban J connectivity index is 0.00000264. The zero-order chi connectivity index (χ0) is 15.8. The number of aromatic nitrogens is 1. The van der Waals surface area contributed by atoms with Crippen molar-refractivity contribution in [2.75, 3.05) is 13.6 Å². The van der Waals surface area contributed by atoms with Gasteiger partial charge in [0, 0.05) is 38.4 Å². The molecule has 1 heterocycles. The van der Waals surface area contributed by atoms with Gasteiger partial charge in [-0.2, -0.15) is 0 Å². The Morgan fingerprint density at radius 2 is 1.96 bits per heavy atom. The Kier molecular flexibility index (Phi) is 8.61. The van der Waals surface area contributed by atoms with Gasteiger partial charge in [-0.15, -0.1) is 24.0 Å². The van der Waals surface area contributed by atoms with Crippen molar-refractivity contribution in [1.82, 2.24) is 15.6 Å². The summed E-state index contributed by atoms with van der Waals surface area (Å²) in [5.41, 5.74) is 4.97. The van der Waals surface area contributed by atoms with Gasteiger partial charge >= 0.3 is 0 Å². The van der Waals surface area contributed by atoms with E-state index < -0.39 is 0 Å². The lowest BCUT2D eigenvalue weighted by Crippen LogP contribution is -2.38. The molecule has 0 aliphatic carbocycles. The molecule has 0 atom stereocenters. The average Bonchev–Trinajstić information content (AvgIpc) is 2.53. The summed E-state index contributed by atoms with van der Waals surface area (Å²) in [6.07, 6.45) is 2.70. The standard InChI is InChI=1S/C18H24N4.HI/c1-14-7-8-16(15(2)12-14)13-22-18(19-3)21-11-9-17-6-4-5-10-20-17;/h4-8,10,12H,9,11,13H2,1-3H3,(H2,19,21,22);1H. The SMILES string of the molecule is CN=C(NCCc1ccccn1)NCc1ccc(C)cc1C.I. The smallest absolute Gasteiger partial charge is 0.191 e. The molecule has 0 aliphatic rings. The van der Waals surface area contributed by atoms with Crippen LogP contribution < -0.4 is 10.6 Å². The Labute approximate surface area is 155 Å². The molecule has 0 saturated carbocycles. The maximum absolute atomic E-state index is 4.31. The van der Waals surface area contributed by atoms with Crippen LogP contribution in [-0.4, -0.2) is 24.5 Å². The van der Waals surface area contributed by atoms with Crippen LogP contribution in [0.3, 0.4) is 0 Å². The van der Waals surface area contributed by atoms with Crippen molar-refractivity contribution in [2.24, 2.45) is 4.99 Å². The highest BCUT2D eigenvalue weighted by atomic mass is 127. The van der Waals surface area contributed by atoms with E-state index in [0.717, 1.165) is 31.2 Å². The highest BCUT2D eigenvalue weighted by molar-refractivity contribution is 14.0. The molecule has 0 bridgehead atoms. The van der Waals surface area contributed by atoms with E-state index in [0.29, 0.717) is 0 Å². The van der Waals surface area contributed by atoms with Gasteiger partial charge in [-0.25, -0.2) is 0 Å². The maximum atomic E-state index is 4.31. The van der Waals surface area contributed by atoms with Crippen molar-refractivity contribution in [2.45, 2.75) is 26.8 Å². The molecular weight excluding hydrogens is 399 g/mol. The van der Waals surface area contributed by atoms with Crippen molar-refractivity contribution < 1.29 is 0 Å². The van der Waals surface area contributed by atoms with Crippen LogP contribution in [0.15, 0.2) is 47.6 Å². The number of pyridine rings is 1. The van der Waals surface area contributed by atoms with Gasteiger partial charge < -0.3 is 10.6 Å². The number of nitrogens with one attached hydrogen (secondary N) is 2. The van der Waals surface area contributed by atoms with E-state index in [1.54, 1.807) is 7.05 Å². The minimum absolute atomic E-state index is 0. The minimum atomic E-state index is 0. The monoisotopic (exact) mass is 424 g/mol. The molecule has 0 spiro atoms. The number of hydrogen-bond acceptors (Lipinski definition) is 2. The van der Waals surface area contributed by atoms with Crippen LogP contribution in [0.2, 0.25) is 0 Å². The second kappa shape index (κ2) is 10.2. The fraction of sp³-hybridized carbons (Fsp3) is 0.333. The first-order valence-electron chi connectivity index (χ1n) is 7.59. The maximum Gasteiger partial charge on any atom is 0.191 e. The summed E-state index contributed by atoms with van der Waals surface area (Å²) >= 11 is 0. The van der Waals surface area contributed by atoms with Crippen molar-refractivity contribution in [3.05, 3.63) is 65.0 Å². The van der Waals surface area contributed by atoms with Gasteiger partial charge in [-0.05, 0) is 37.1 Å². The highest BCUT2D eigenvalue weighted by Crippen LogP contribution is 2.09. The van der Waals surface area contributed by atoms with Crippen LogP contribution in [-0.2, 0) is 13.0 Å². The van der Waals surface area contributed by atoms with Crippen LogP contribution in [0.4, 0.5) is 0 Å². The molecule has 0 aliphatic heterocycles. The Morgan fingerprint density at radius 1 is 1.13 bits per heavy atom. The molecule has 2 aromatic rings. The summed E-state index contributed by atoms with van der Waals surface area (Å²) in [6, 6.07) is 12.5. The third kappa shape index (κ3) is 6.56. The third-order valence-corrected chi connectivity index (χ3v) is 3.57. The van der Waals surface area contributed by atoms with Crippen LogP contribution in [0, 0.1) is 13.8 Å². The van der Waals surface area contributed by atoms with E-state index in [2.05, 4.69) is 52.7 Å². The molecule has 2 N–H and O–H groups in total. The number of hydrogen-bond donors (Lipinski definition) is 2. The number of benzene rings is 1. The molecule has 0 amide bonds. The van der Waals surface area contributed by atoms with Crippen LogP contribution in [0.5, 0.6) is 0 Å². The average molecular weight is 424 g/mol. The molecule has 4 nitrogen and oxygen atoms in total. The fourth-order valence-electron chi connectivity index (χ4n) is 2.30. The van der Waals surface area contributed by atoms with Crippen LogP contribution in [0.1, 0.15) is 22.4 Å². The number of rotatable bonds is 5. The molecule has 0 radical (unpaired) electrons. The fourth-order valence-corrected chi connectivity index (χ4v) is 2.30. The predicted octanol–water partition coefficient (Wildman–Crippen LogP) is 3.22. The van der Waals surface area contributed by atoms with E-state index in [4.69, 9.17) is 0 Å². The van der Waals surface area contributed by atoms with E-state index >= 15 is 0 Å². The van der Waals surface area contributed by atoms with Gasteiger partial charge in [0.15, 0.2) is 5.96 Å². The lowest BCUT2D eigenvalue weighted by Gasteiger charge is -2.13. The largest absolute Gasteiger partial charge is 0.356 e. The zero-order valence-electron chi connectivity index (χ0n) is 14.0. The first kappa shape index (κ1) is 19.4. The zero-order valence-corrected chi connectivity index (χ0v) is 16.3. The van der Waals surface area contributed by atoms with Gasteiger partial charge in [0.25, 0.3) is 0 Å². The molecule has 2 rings (SSSR count). The summed E-state index contributed by atoms with van der Waals surface area (Å²) in [5, 5.41) is 6.67. The molecular formula is C18H25IN4. The summed E-state index contributed by atoms with van der Waals surface area (Å²) in [4.78, 5) is 8.57. The molecule has 124 valence electrons. The minimum Gasteiger partial charge on any atom is -0.356 e. The van der Waals surface area contributed by atoms with Gasteiger partial charge in [0.2, 0.25) is 0 Å². The normalized spacial score (nSPS) is 10.8. The van der Waals surface area contributed by atoms with E-state index in [1.165, 1.54) is 16.7 Å². The number of halogens is 1. The molecule has 0 saturated heterocycles. The molecule has 1 aromatic heterocycles. The van der Waals surface area contributed by atoms with Crippen molar-refractivity contribution in [1.29, 1.82) is 0 Å². The summed E-state index contributed by atoms with van der Waals surface area (Å²) in [6.45, 7) is 5.84. The molecule has 0 unspecified atom stereocenters. The second-order valence-electron chi connectivity index (χ2n) is 5.35. The predicted molar refractivity (Wildman–Crippen MR) is 107 cm³/mol. The number of guanidine groups is 1. The quantitative estimate of drug-likeness (QED) is 0.440. The van der Waals surface area contributed by atoms with Crippen LogP contribution >= 0.6 is 24.0 Å². The summed E-state index contributed by atoms with van der Waals surface area (Å²) in [5.74, 6) is 0.816. The molecule has 5 heteroatoms. The molecule has 1 aromatic carbocycles. The van der Waals surface area contributed by atoms with Gasteiger partial charge in [0.05, 0.1) is 0 Å². The van der Waals surface area contributed by atoms with Gasteiger partial charge in [0.1, 0.15) is 0 Å². The number of aryl methyl sites for hydroxylation is 2. The number of aliphatic imine (C=N–C) groups is 1. The lowest BCUT2D eigenvalue weighted by atomic mass is 10.1. The topological polar surface area (TPSA) is 49.3 Å². The Hall–Kier alpha value is -1.63. The first-order chi connectivity index (χ1) is 10.7. The van der Waals surface area contributed by atoms with E-state index in [-0.39, 0.29) is 24.0 Å². The lowest BCUT2D eigenvalue weighted by molar-refractivity contribution is 0.782.